The van der Waals surface area contributed by atoms with Gasteiger partial charge >= 0.3 is 5.97 Å². The maximum atomic E-state index is 12.6. The molecule has 0 radical (unpaired) electrons. The van der Waals surface area contributed by atoms with Crippen LogP contribution in [-0.2, 0) is 20.9 Å². The Bertz CT molecular complexity index is 1110. The lowest BCUT2D eigenvalue weighted by molar-refractivity contribution is -0.143. The number of hydrogen-bond donors (Lipinski definition) is 2. The van der Waals surface area contributed by atoms with Gasteiger partial charge in [-0.1, -0.05) is 48.5 Å². The number of amides is 2. The van der Waals surface area contributed by atoms with Crippen LogP contribution in [0, 0.1) is 0 Å². The summed E-state index contributed by atoms with van der Waals surface area (Å²) in [6.07, 6.45) is -0.117. The van der Waals surface area contributed by atoms with Gasteiger partial charge in [0.15, 0.2) is 6.61 Å². The van der Waals surface area contributed by atoms with Crippen molar-refractivity contribution in [2.24, 2.45) is 0 Å². The minimum absolute atomic E-state index is 0.117. The molecule has 0 aliphatic rings. The van der Waals surface area contributed by atoms with Crippen LogP contribution in [0.4, 0.5) is 0 Å². The first-order valence-corrected chi connectivity index (χ1v) is 11.2. The van der Waals surface area contributed by atoms with Gasteiger partial charge < -0.3 is 15.4 Å². The Balaban J connectivity index is 1.58. The van der Waals surface area contributed by atoms with Gasteiger partial charge in [-0.2, -0.15) is 0 Å². The number of carbonyl (C=O) groups excluding carboxylic acids is 4. The highest BCUT2D eigenvalue weighted by Gasteiger charge is 2.21. The quantitative estimate of drug-likeness (QED) is 0.352. The summed E-state index contributed by atoms with van der Waals surface area (Å²) in [6.45, 7) is 1.37. The van der Waals surface area contributed by atoms with Crippen LogP contribution in [0.1, 0.15) is 49.9 Å². The third-order valence-corrected chi connectivity index (χ3v) is 5.85. The van der Waals surface area contributed by atoms with E-state index < -0.39 is 18.6 Å². The Morgan fingerprint density at radius 1 is 0.909 bits per heavy atom. The Morgan fingerprint density at radius 3 is 2.24 bits per heavy atom. The molecule has 170 valence electrons. The molecule has 1 unspecified atom stereocenters. The molecule has 7 nitrogen and oxygen atoms in total. The first-order valence-electron chi connectivity index (χ1n) is 10.3. The Kier molecular flexibility index (Phi) is 8.49. The van der Waals surface area contributed by atoms with E-state index in [0.29, 0.717) is 17.0 Å². The van der Waals surface area contributed by atoms with Crippen molar-refractivity contribution in [1.82, 2.24) is 10.6 Å². The van der Waals surface area contributed by atoms with E-state index in [1.165, 1.54) is 18.3 Å². The van der Waals surface area contributed by atoms with Crippen molar-refractivity contribution in [2.75, 3.05) is 6.61 Å². The van der Waals surface area contributed by atoms with E-state index in [1.54, 1.807) is 36.4 Å². The van der Waals surface area contributed by atoms with Crippen LogP contribution < -0.4 is 10.6 Å². The highest BCUT2D eigenvalue weighted by Crippen LogP contribution is 2.20. The summed E-state index contributed by atoms with van der Waals surface area (Å²) < 4.78 is 5.20. The summed E-state index contributed by atoms with van der Waals surface area (Å²) in [5, 5.41) is 5.54. The zero-order valence-corrected chi connectivity index (χ0v) is 18.9. The molecule has 0 spiro atoms. The van der Waals surface area contributed by atoms with Gasteiger partial charge in [-0.15, -0.1) is 11.3 Å². The number of hydrogen-bond acceptors (Lipinski definition) is 6. The molecule has 2 aromatic carbocycles. The number of ketones is 1. The molecule has 0 saturated carbocycles. The van der Waals surface area contributed by atoms with E-state index in [0.717, 1.165) is 10.4 Å². The SMILES string of the molecule is CC(=O)NCc1ccc(C(=O)COC(=O)CC(NC(=O)c2ccccc2)c2ccccc2)s1. The molecule has 3 aromatic rings. The highest BCUT2D eigenvalue weighted by atomic mass is 32.1. The zero-order valence-electron chi connectivity index (χ0n) is 18.1. The number of ether oxygens (including phenoxy) is 1. The van der Waals surface area contributed by atoms with Gasteiger partial charge in [0.25, 0.3) is 5.91 Å². The Labute approximate surface area is 195 Å². The molecular formula is C25H24N2O5S. The fourth-order valence-electron chi connectivity index (χ4n) is 3.05. The van der Waals surface area contributed by atoms with Crippen LogP contribution in [-0.4, -0.2) is 30.2 Å². The number of Topliss-reactive ketones (excluding diaryl/α,β-unsaturated/α-hetero) is 1. The second-order valence-corrected chi connectivity index (χ2v) is 8.43. The van der Waals surface area contributed by atoms with Gasteiger partial charge in [-0.05, 0) is 29.8 Å². The minimum atomic E-state index is -0.604. The number of thiophene rings is 1. The highest BCUT2D eigenvalue weighted by molar-refractivity contribution is 7.14. The fraction of sp³-hybridized carbons (Fsp3) is 0.200. The van der Waals surface area contributed by atoms with Crippen LogP contribution in [0.2, 0.25) is 0 Å². The van der Waals surface area contributed by atoms with Crippen molar-refractivity contribution in [3.63, 3.8) is 0 Å². The lowest BCUT2D eigenvalue weighted by atomic mass is 10.0. The van der Waals surface area contributed by atoms with E-state index in [1.807, 2.05) is 36.4 Å². The largest absolute Gasteiger partial charge is 0.457 e. The van der Waals surface area contributed by atoms with Crippen molar-refractivity contribution >= 4 is 34.9 Å². The third kappa shape index (κ3) is 7.40. The number of carbonyl (C=O) groups is 4. The van der Waals surface area contributed by atoms with Gasteiger partial charge in [0.1, 0.15) is 0 Å². The first kappa shape index (κ1) is 23.9. The van der Waals surface area contributed by atoms with E-state index in [-0.39, 0.29) is 24.0 Å². The lowest BCUT2D eigenvalue weighted by Crippen LogP contribution is -2.31. The van der Waals surface area contributed by atoms with Crippen molar-refractivity contribution in [1.29, 1.82) is 0 Å². The van der Waals surface area contributed by atoms with E-state index >= 15 is 0 Å². The molecule has 0 bridgehead atoms. The smallest absolute Gasteiger partial charge is 0.308 e. The summed E-state index contributed by atoms with van der Waals surface area (Å²) in [4.78, 5) is 49.8. The molecular weight excluding hydrogens is 440 g/mol. The number of benzene rings is 2. The van der Waals surface area contributed by atoms with Crippen LogP contribution in [0.15, 0.2) is 72.8 Å². The van der Waals surface area contributed by atoms with Crippen LogP contribution in [0.3, 0.4) is 0 Å². The Hall–Kier alpha value is -3.78. The summed E-state index contributed by atoms with van der Waals surface area (Å²) in [7, 11) is 0. The standard InChI is InChI=1S/C25H24N2O5S/c1-17(28)26-15-20-12-13-23(33-20)22(29)16-32-24(30)14-21(18-8-4-2-5-9-18)27-25(31)19-10-6-3-7-11-19/h2-13,21H,14-16H2,1H3,(H,26,28)(H,27,31). The second-order valence-electron chi connectivity index (χ2n) is 7.27. The van der Waals surface area contributed by atoms with Crippen LogP contribution >= 0.6 is 11.3 Å². The monoisotopic (exact) mass is 464 g/mol. The molecule has 1 aromatic heterocycles. The second kappa shape index (κ2) is 11.7. The van der Waals surface area contributed by atoms with Gasteiger partial charge in [-0.3, -0.25) is 19.2 Å². The maximum absolute atomic E-state index is 12.6. The van der Waals surface area contributed by atoms with Crippen molar-refractivity contribution in [3.05, 3.63) is 93.7 Å². The number of rotatable bonds is 10. The van der Waals surface area contributed by atoms with Crippen molar-refractivity contribution < 1.29 is 23.9 Å². The molecule has 0 aliphatic heterocycles. The van der Waals surface area contributed by atoms with Crippen LogP contribution in [0.25, 0.3) is 0 Å². The summed E-state index contributed by atoms with van der Waals surface area (Å²) in [6, 6.07) is 20.6. The van der Waals surface area contributed by atoms with E-state index in [9.17, 15) is 19.2 Å². The summed E-state index contributed by atoms with van der Waals surface area (Å²) in [5.41, 5.74) is 1.24. The molecule has 0 fully saturated rings. The summed E-state index contributed by atoms with van der Waals surface area (Å²) >= 11 is 1.24. The molecule has 1 atom stereocenters. The van der Waals surface area contributed by atoms with E-state index in [4.69, 9.17) is 4.74 Å². The van der Waals surface area contributed by atoms with Gasteiger partial charge in [0.05, 0.1) is 23.9 Å². The fourth-order valence-corrected chi connectivity index (χ4v) is 3.92. The Morgan fingerprint density at radius 2 is 1.58 bits per heavy atom. The number of esters is 1. The third-order valence-electron chi connectivity index (χ3n) is 4.73. The van der Waals surface area contributed by atoms with E-state index in [2.05, 4.69) is 10.6 Å². The molecule has 3 rings (SSSR count). The van der Waals surface area contributed by atoms with Gasteiger partial charge in [0.2, 0.25) is 11.7 Å². The first-order chi connectivity index (χ1) is 15.9. The molecule has 2 amide bonds. The normalized spacial score (nSPS) is 11.3. The average molecular weight is 465 g/mol. The average Bonchev–Trinajstić information content (AvgIpc) is 3.31. The molecule has 2 N–H and O–H groups in total. The maximum Gasteiger partial charge on any atom is 0.308 e. The number of nitrogens with one attached hydrogen (secondary N) is 2. The van der Waals surface area contributed by atoms with Crippen molar-refractivity contribution in [3.8, 4) is 0 Å². The van der Waals surface area contributed by atoms with Gasteiger partial charge in [-0.25, -0.2) is 0 Å². The lowest BCUT2D eigenvalue weighted by Gasteiger charge is -2.18. The molecule has 33 heavy (non-hydrogen) atoms. The predicted molar refractivity (Wildman–Crippen MR) is 125 cm³/mol. The topological polar surface area (TPSA) is 102 Å². The zero-order chi connectivity index (χ0) is 23.6. The molecule has 0 saturated heterocycles. The minimum Gasteiger partial charge on any atom is -0.457 e. The van der Waals surface area contributed by atoms with Gasteiger partial charge in [0, 0.05) is 17.4 Å². The van der Waals surface area contributed by atoms with Crippen LogP contribution in [0.5, 0.6) is 0 Å². The molecule has 8 heteroatoms. The molecule has 1 heterocycles. The summed E-state index contributed by atoms with van der Waals surface area (Å²) in [5.74, 6) is -1.39. The molecule has 0 aliphatic carbocycles. The van der Waals surface area contributed by atoms with Crippen molar-refractivity contribution in [2.45, 2.75) is 25.9 Å². The predicted octanol–water partition coefficient (Wildman–Crippen LogP) is 3.67.